The van der Waals surface area contributed by atoms with Gasteiger partial charge in [-0.15, -0.1) is 5.10 Å². The molecular weight excluding hydrogens is 276 g/mol. The summed E-state index contributed by atoms with van der Waals surface area (Å²) < 4.78 is 7.33. The highest BCUT2D eigenvalue weighted by Gasteiger charge is 2.31. The van der Waals surface area contributed by atoms with Crippen molar-refractivity contribution in [1.82, 2.24) is 19.9 Å². The normalized spacial score (nSPS) is 18.4. The van der Waals surface area contributed by atoms with E-state index in [1.165, 1.54) is 16.8 Å². The Morgan fingerprint density at radius 1 is 1.23 bits per heavy atom. The summed E-state index contributed by atoms with van der Waals surface area (Å²) in [6, 6.07) is 9.09. The fraction of sp³-hybridized carbons (Fsp3) is 0.529. The highest BCUT2D eigenvalue weighted by Crippen LogP contribution is 2.29. The number of ether oxygens (including phenoxy) is 1. The third kappa shape index (κ3) is 2.91. The molecule has 0 aliphatic carbocycles. The van der Waals surface area contributed by atoms with E-state index in [0.29, 0.717) is 6.61 Å². The molecule has 1 aliphatic rings. The number of nitrogens with zero attached hydrogens (tertiary/aromatic N) is 4. The van der Waals surface area contributed by atoms with Crippen LogP contribution in [0.2, 0.25) is 0 Å². The van der Waals surface area contributed by atoms with E-state index in [0.717, 1.165) is 31.6 Å². The minimum Gasteiger partial charge on any atom is -0.383 e. The molecule has 0 bridgehead atoms. The molecule has 0 fully saturated rings. The van der Waals surface area contributed by atoms with Crippen molar-refractivity contribution >= 4 is 0 Å². The zero-order valence-corrected chi connectivity index (χ0v) is 13.6. The Bertz CT molecular complexity index is 620. The minimum absolute atomic E-state index is 0.188. The highest BCUT2D eigenvalue weighted by molar-refractivity contribution is 5.24. The molecule has 2 aromatic rings. The van der Waals surface area contributed by atoms with E-state index in [4.69, 9.17) is 4.74 Å². The third-order valence-electron chi connectivity index (χ3n) is 4.51. The van der Waals surface area contributed by atoms with E-state index < -0.39 is 0 Å². The summed E-state index contributed by atoms with van der Waals surface area (Å²) in [6.45, 7) is 4.77. The molecule has 1 atom stereocenters. The van der Waals surface area contributed by atoms with Gasteiger partial charge in [0.05, 0.1) is 18.3 Å². The van der Waals surface area contributed by atoms with Crippen molar-refractivity contribution < 1.29 is 4.74 Å². The van der Waals surface area contributed by atoms with Gasteiger partial charge in [0.2, 0.25) is 0 Å². The number of methoxy groups -OCH3 is 1. The van der Waals surface area contributed by atoms with Crippen molar-refractivity contribution in [2.45, 2.75) is 32.4 Å². The summed E-state index contributed by atoms with van der Waals surface area (Å²) >= 11 is 0. The number of aromatic nitrogens is 3. The van der Waals surface area contributed by atoms with Crippen LogP contribution < -0.4 is 0 Å². The van der Waals surface area contributed by atoms with Crippen LogP contribution in [0.1, 0.15) is 35.5 Å². The largest absolute Gasteiger partial charge is 0.383 e. The van der Waals surface area contributed by atoms with Crippen molar-refractivity contribution in [3.8, 4) is 0 Å². The lowest BCUT2D eigenvalue weighted by molar-refractivity contribution is 0.0750. The molecule has 5 heteroatoms. The second kappa shape index (κ2) is 6.58. The van der Waals surface area contributed by atoms with Gasteiger partial charge in [-0.3, -0.25) is 9.58 Å². The Morgan fingerprint density at radius 3 is 2.64 bits per heavy atom. The molecule has 0 spiro atoms. The Morgan fingerprint density at radius 2 is 1.95 bits per heavy atom. The van der Waals surface area contributed by atoms with Gasteiger partial charge < -0.3 is 4.74 Å². The van der Waals surface area contributed by atoms with Gasteiger partial charge in [-0.25, -0.2) is 0 Å². The molecule has 22 heavy (non-hydrogen) atoms. The zero-order valence-electron chi connectivity index (χ0n) is 13.6. The number of fused-ring (bicyclic) bond motifs is 1. The molecule has 1 aliphatic heterocycles. The monoisotopic (exact) mass is 300 g/mol. The minimum atomic E-state index is 0.188. The lowest BCUT2D eigenvalue weighted by Crippen LogP contribution is -2.37. The van der Waals surface area contributed by atoms with Crippen LogP contribution in [0, 0.1) is 0 Å². The van der Waals surface area contributed by atoms with Crippen LogP contribution in [0.4, 0.5) is 0 Å². The van der Waals surface area contributed by atoms with Gasteiger partial charge in [0, 0.05) is 33.7 Å². The van der Waals surface area contributed by atoms with Crippen molar-refractivity contribution in [3.63, 3.8) is 0 Å². The molecule has 3 rings (SSSR count). The third-order valence-corrected chi connectivity index (χ3v) is 4.51. The van der Waals surface area contributed by atoms with E-state index in [2.05, 4.69) is 46.4 Å². The number of benzene rings is 1. The first-order valence-corrected chi connectivity index (χ1v) is 7.92. The second-order valence-electron chi connectivity index (χ2n) is 5.91. The van der Waals surface area contributed by atoms with Gasteiger partial charge in [-0.2, -0.15) is 0 Å². The van der Waals surface area contributed by atoms with Gasteiger partial charge in [0.25, 0.3) is 0 Å². The van der Waals surface area contributed by atoms with Crippen LogP contribution in [0.5, 0.6) is 0 Å². The summed E-state index contributed by atoms with van der Waals surface area (Å²) in [5.74, 6) is 0. The number of hydrogen-bond donors (Lipinski definition) is 0. The molecular formula is C17H24N4O. The topological polar surface area (TPSA) is 43.2 Å². The highest BCUT2D eigenvalue weighted by atomic mass is 16.5. The summed E-state index contributed by atoms with van der Waals surface area (Å²) in [6.07, 6.45) is 2.07. The summed E-state index contributed by atoms with van der Waals surface area (Å²) in [5.41, 5.74) is 5.03. The van der Waals surface area contributed by atoms with Crippen molar-refractivity contribution in [3.05, 3.63) is 46.8 Å². The molecule has 1 aromatic carbocycles. The molecule has 0 saturated carbocycles. The maximum Gasteiger partial charge on any atom is 0.105 e. The van der Waals surface area contributed by atoms with E-state index >= 15 is 0 Å². The van der Waals surface area contributed by atoms with Crippen LogP contribution in [0.15, 0.2) is 24.3 Å². The van der Waals surface area contributed by atoms with Crippen molar-refractivity contribution in [2.75, 3.05) is 20.3 Å². The van der Waals surface area contributed by atoms with Gasteiger partial charge in [0.15, 0.2) is 0 Å². The van der Waals surface area contributed by atoms with E-state index in [-0.39, 0.29) is 6.04 Å². The van der Waals surface area contributed by atoms with Crippen LogP contribution in [-0.4, -0.2) is 40.2 Å². The standard InChI is InChI=1S/C17H24N4O/c1-4-13-5-7-14(8-6-13)11-21-10-9-15-17(16(21)12-22-3)18-19-20(15)2/h5-8,16H,4,9-12H2,1-3H3. The molecule has 1 unspecified atom stereocenters. The van der Waals surface area contributed by atoms with Gasteiger partial charge >= 0.3 is 0 Å². The Hall–Kier alpha value is -1.72. The Kier molecular flexibility index (Phi) is 4.55. The van der Waals surface area contributed by atoms with Crippen LogP contribution in [-0.2, 0) is 31.2 Å². The van der Waals surface area contributed by atoms with E-state index in [1.807, 2.05) is 11.7 Å². The molecule has 0 amide bonds. The first-order chi connectivity index (χ1) is 10.7. The van der Waals surface area contributed by atoms with Crippen LogP contribution in [0.3, 0.4) is 0 Å². The molecule has 0 radical (unpaired) electrons. The average Bonchev–Trinajstić information content (AvgIpc) is 2.92. The SMILES string of the molecule is CCc1ccc(CN2CCc3c(nnn3C)C2COC)cc1. The van der Waals surface area contributed by atoms with E-state index in [9.17, 15) is 0 Å². The summed E-state index contributed by atoms with van der Waals surface area (Å²) in [4.78, 5) is 2.45. The molecule has 118 valence electrons. The maximum atomic E-state index is 5.43. The molecule has 5 nitrogen and oxygen atoms in total. The summed E-state index contributed by atoms with van der Waals surface area (Å²) in [5, 5.41) is 8.55. The predicted molar refractivity (Wildman–Crippen MR) is 85.6 cm³/mol. The van der Waals surface area contributed by atoms with Gasteiger partial charge in [-0.1, -0.05) is 36.4 Å². The predicted octanol–water partition coefficient (Wildman–Crippen LogP) is 2.12. The van der Waals surface area contributed by atoms with Crippen LogP contribution >= 0.6 is 0 Å². The quantitative estimate of drug-likeness (QED) is 0.848. The first kappa shape index (κ1) is 15.2. The fourth-order valence-electron chi connectivity index (χ4n) is 3.17. The molecule has 0 saturated heterocycles. The average molecular weight is 300 g/mol. The van der Waals surface area contributed by atoms with Crippen molar-refractivity contribution in [1.29, 1.82) is 0 Å². The van der Waals surface area contributed by atoms with E-state index in [1.54, 1.807) is 7.11 Å². The lowest BCUT2D eigenvalue weighted by atomic mass is 10.0. The number of rotatable bonds is 5. The maximum absolute atomic E-state index is 5.43. The first-order valence-electron chi connectivity index (χ1n) is 7.92. The summed E-state index contributed by atoms with van der Waals surface area (Å²) in [7, 11) is 3.72. The van der Waals surface area contributed by atoms with Gasteiger partial charge in [-0.05, 0) is 17.5 Å². The van der Waals surface area contributed by atoms with Gasteiger partial charge in [0.1, 0.15) is 5.69 Å². The Labute approximate surface area is 131 Å². The number of hydrogen-bond acceptors (Lipinski definition) is 4. The zero-order chi connectivity index (χ0) is 15.5. The molecule has 2 heterocycles. The number of aryl methyl sites for hydroxylation is 2. The fourth-order valence-corrected chi connectivity index (χ4v) is 3.17. The Balaban J connectivity index is 1.80. The second-order valence-corrected chi connectivity index (χ2v) is 5.91. The lowest BCUT2D eigenvalue weighted by Gasteiger charge is -2.34. The smallest absolute Gasteiger partial charge is 0.105 e. The van der Waals surface area contributed by atoms with Crippen molar-refractivity contribution in [2.24, 2.45) is 7.05 Å². The molecule has 0 N–H and O–H groups in total. The molecule has 1 aromatic heterocycles. The van der Waals surface area contributed by atoms with Crippen LogP contribution in [0.25, 0.3) is 0 Å².